The van der Waals surface area contributed by atoms with E-state index in [4.69, 9.17) is 0 Å². The van der Waals surface area contributed by atoms with Crippen LogP contribution in [-0.2, 0) is 0 Å². The molecule has 2 heterocycles. The Morgan fingerprint density at radius 2 is 2.05 bits per heavy atom. The molecule has 0 radical (unpaired) electrons. The van der Waals surface area contributed by atoms with Gasteiger partial charge < -0.3 is 10.6 Å². The van der Waals surface area contributed by atoms with Crippen LogP contribution >= 0.6 is 0 Å². The first-order valence-electron chi connectivity index (χ1n) is 7.45. The Balaban J connectivity index is 1.90. The van der Waals surface area contributed by atoms with E-state index >= 15 is 0 Å². The molecule has 0 spiro atoms. The molecule has 0 bridgehead atoms. The van der Waals surface area contributed by atoms with Gasteiger partial charge in [-0.1, -0.05) is 6.42 Å². The van der Waals surface area contributed by atoms with Gasteiger partial charge in [-0.25, -0.2) is 9.37 Å². The highest BCUT2D eigenvalue weighted by Gasteiger charge is 2.17. The lowest BCUT2D eigenvalue weighted by atomic mass is 10.1. The Hall–Kier alpha value is -1.43. The van der Waals surface area contributed by atoms with Crippen molar-refractivity contribution in [3.8, 4) is 0 Å². The van der Waals surface area contributed by atoms with Crippen LogP contribution in [0.4, 0.5) is 16.2 Å². The Kier molecular flexibility index (Phi) is 5.52. The lowest BCUT2D eigenvalue weighted by Crippen LogP contribution is -2.41. The highest BCUT2D eigenvalue weighted by molar-refractivity contribution is 5.41. The van der Waals surface area contributed by atoms with Gasteiger partial charge in [-0.05, 0) is 39.8 Å². The lowest BCUT2D eigenvalue weighted by Gasteiger charge is -2.32. The van der Waals surface area contributed by atoms with Crippen molar-refractivity contribution in [1.29, 1.82) is 0 Å². The number of halogens is 1. The van der Waals surface area contributed by atoms with Crippen molar-refractivity contribution in [3.05, 3.63) is 12.0 Å². The average molecular weight is 281 g/mol. The number of hydrogen-bond acceptors (Lipinski definition) is 5. The van der Waals surface area contributed by atoms with Crippen molar-refractivity contribution >= 4 is 11.8 Å². The maximum atomic E-state index is 13.7. The van der Waals surface area contributed by atoms with Gasteiger partial charge in [-0.3, -0.25) is 4.90 Å². The maximum Gasteiger partial charge on any atom is 0.224 e. The quantitative estimate of drug-likeness (QED) is 0.838. The molecule has 5 nitrogen and oxygen atoms in total. The first-order valence-corrected chi connectivity index (χ1v) is 7.45. The molecule has 112 valence electrons. The summed E-state index contributed by atoms with van der Waals surface area (Å²) >= 11 is 0. The normalized spacial score (nSPS) is 17.8. The number of likely N-dealkylation sites (tertiary alicyclic amines) is 1. The molecular formula is C14H24FN5. The Morgan fingerprint density at radius 3 is 2.75 bits per heavy atom. The molecule has 1 aliphatic rings. The zero-order valence-corrected chi connectivity index (χ0v) is 12.3. The summed E-state index contributed by atoms with van der Waals surface area (Å²) < 4.78 is 13.7. The summed E-state index contributed by atoms with van der Waals surface area (Å²) in [5.41, 5.74) is 0. The summed E-state index contributed by atoms with van der Waals surface area (Å²) in [6.07, 6.45) is 5.05. The van der Waals surface area contributed by atoms with Gasteiger partial charge in [0.15, 0.2) is 11.6 Å². The number of nitrogens with one attached hydrogen (secondary N) is 2. The SMILES string of the molecule is CCNc1ncc(F)c(NCC(C)N2CCCCC2)n1. The minimum Gasteiger partial charge on any atom is -0.366 e. The van der Waals surface area contributed by atoms with E-state index in [2.05, 4.69) is 32.4 Å². The second-order valence-electron chi connectivity index (χ2n) is 5.25. The fourth-order valence-corrected chi connectivity index (χ4v) is 2.47. The molecule has 2 N–H and O–H groups in total. The van der Waals surface area contributed by atoms with Crippen LogP contribution in [0.1, 0.15) is 33.1 Å². The zero-order valence-electron chi connectivity index (χ0n) is 12.3. The van der Waals surface area contributed by atoms with Crippen molar-refractivity contribution < 1.29 is 4.39 Å². The van der Waals surface area contributed by atoms with Crippen molar-refractivity contribution in [3.63, 3.8) is 0 Å². The van der Waals surface area contributed by atoms with Crippen LogP contribution in [0, 0.1) is 5.82 Å². The molecule has 20 heavy (non-hydrogen) atoms. The van der Waals surface area contributed by atoms with E-state index in [-0.39, 0.29) is 5.82 Å². The van der Waals surface area contributed by atoms with E-state index in [0.717, 1.165) is 19.6 Å². The van der Waals surface area contributed by atoms with Gasteiger partial charge in [0.05, 0.1) is 6.20 Å². The van der Waals surface area contributed by atoms with Gasteiger partial charge in [0.1, 0.15) is 0 Å². The predicted octanol–water partition coefficient (Wildman–Crippen LogP) is 2.33. The zero-order chi connectivity index (χ0) is 14.4. The monoisotopic (exact) mass is 281 g/mol. The molecule has 1 unspecified atom stereocenters. The van der Waals surface area contributed by atoms with Gasteiger partial charge in [0.2, 0.25) is 5.95 Å². The molecule has 1 saturated heterocycles. The van der Waals surface area contributed by atoms with E-state index in [1.54, 1.807) is 0 Å². The van der Waals surface area contributed by atoms with Crippen LogP contribution in [0.15, 0.2) is 6.20 Å². The van der Waals surface area contributed by atoms with Gasteiger partial charge in [-0.15, -0.1) is 0 Å². The molecule has 1 fully saturated rings. The van der Waals surface area contributed by atoms with E-state index in [9.17, 15) is 4.39 Å². The van der Waals surface area contributed by atoms with E-state index in [0.29, 0.717) is 18.5 Å². The maximum absolute atomic E-state index is 13.7. The number of hydrogen-bond donors (Lipinski definition) is 2. The van der Waals surface area contributed by atoms with Crippen molar-refractivity contribution in [1.82, 2.24) is 14.9 Å². The lowest BCUT2D eigenvalue weighted by molar-refractivity contribution is 0.180. The van der Waals surface area contributed by atoms with Crippen molar-refractivity contribution in [2.75, 3.05) is 36.8 Å². The van der Waals surface area contributed by atoms with E-state index in [1.165, 1.54) is 25.5 Å². The Bertz CT molecular complexity index is 420. The van der Waals surface area contributed by atoms with Crippen LogP contribution in [0.3, 0.4) is 0 Å². The van der Waals surface area contributed by atoms with Crippen LogP contribution in [0.2, 0.25) is 0 Å². The van der Waals surface area contributed by atoms with Gasteiger partial charge >= 0.3 is 0 Å². The second kappa shape index (κ2) is 7.38. The molecule has 0 aliphatic carbocycles. The molecule has 1 aromatic heterocycles. The fourth-order valence-electron chi connectivity index (χ4n) is 2.47. The number of anilines is 2. The Morgan fingerprint density at radius 1 is 1.30 bits per heavy atom. The third-order valence-corrected chi connectivity index (χ3v) is 3.66. The predicted molar refractivity (Wildman–Crippen MR) is 79.5 cm³/mol. The topological polar surface area (TPSA) is 53.1 Å². The highest BCUT2D eigenvalue weighted by Crippen LogP contribution is 2.15. The molecule has 0 amide bonds. The van der Waals surface area contributed by atoms with Gasteiger partial charge in [0.25, 0.3) is 0 Å². The average Bonchev–Trinajstić information content (AvgIpc) is 2.48. The number of aromatic nitrogens is 2. The summed E-state index contributed by atoms with van der Waals surface area (Å²) in [7, 11) is 0. The highest BCUT2D eigenvalue weighted by atomic mass is 19.1. The van der Waals surface area contributed by atoms with Crippen LogP contribution < -0.4 is 10.6 Å². The standard InChI is InChI=1S/C14H24FN5/c1-3-16-14-18-10-12(15)13(19-14)17-9-11(2)20-7-5-4-6-8-20/h10-11H,3-9H2,1-2H3,(H2,16,17,18,19). The molecule has 1 atom stereocenters. The smallest absolute Gasteiger partial charge is 0.224 e. The van der Waals surface area contributed by atoms with Crippen molar-refractivity contribution in [2.24, 2.45) is 0 Å². The minimum absolute atomic E-state index is 0.278. The van der Waals surface area contributed by atoms with Crippen LogP contribution in [0.25, 0.3) is 0 Å². The summed E-state index contributed by atoms with van der Waals surface area (Å²) in [4.78, 5) is 10.5. The molecule has 0 saturated carbocycles. The van der Waals surface area contributed by atoms with E-state index in [1.807, 2.05) is 6.92 Å². The number of nitrogens with zero attached hydrogens (tertiary/aromatic N) is 3. The molecule has 0 aromatic carbocycles. The summed E-state index contributed by atoms with van der Waals surface area (Å²) in [5.74, 6) is 0.333. The third kappa shape index (κ3) is 4.03. The molecule has 1 aliphatic heterocycles. The van der Waals surface area contributed by atoms with Crippen molar-refractivity contribution in [2.45, 2.75) is 39.2 Å². The summed E-state index contributed by atoms with van der Waals surface area (Å²) in [6.45, 7) is 7.81. The molecule has 6 heteroatoms. The minimum atomic E-state index is -0.405. The fraction of sp³-hybridized carbons (Fsp3) is 0.714. The molecular weight excluding hydrogens is 257 g/mol. The largest absolute Gasteiger partial charge is 0.366 e. The molecule has 1 aromatic rings. The summed E-state index contributed by atoms with van der Waals surface area (Å²) in [6, 6.07) is 0.382. The van der Waals surface area contributed by atoms with Gasteiger partial charge in [0, 0.05) is 19.1 Å². The Labute approximate surface area is 120 Å². The second-order valence-corrected chi connectivity index (χ2v) is 5.25. The first kappa shape index (κ1) is 15.0. The third-order valence-electron chi connectivity index (χ3n) is 3.66. The van der Waals surface area contributed by atoms with Crippen LogP contribution in [-0.4, -0.2) is 47.1 Å². The van der Waals surface area contributed by atoms with Crippen LogP contribution in [0.5, 0.6) is 0 Å². The first-order chi connectivity index (χ1) is 9.70. The number of piperidine rings is 1. The molecule has 2 rings (SSSR count). The van der Waals surface area contributed by atoms with Gasteiger partial charge in [-0.2, -0.15) is 4.98 Å². The summed E-state index contributed by atoms with van der Waals surface area (Å²) in [5, 5.41) is 6.09. The number of rotatable bonds is 6. The van der Waals surface area contributed by atoms with E-state index < -0.39 is 5.82 Å².